The topological polar surface area (TPSA) is 42.0 Å². The van der Waals surface area contributed by atoms with Gasteiger partial charge in [0, 0.05) is 10.2 Å². The van der Waals surface area contributed by atoms with Crippen LogP contribution in [0.5, 0.6) is 0 Å². The van der Waals surface area contributed by atoms with Crippen molar-refractivity contribution < 1.29 is 4.79 Å². The van der Waals surface area contributed by atoms with E-state index in [4.69, 9.17) is 0 Å². The molecule has 0 aliphatic rings. The first-order chi connectivity index (χ1) is 9.38. The maximum atomic E-state index is 12.3. The van der Waals surface area contributed by atoms with Gasteiger partial charge in [-0.1, -0.05) is 34.1 Å². The number of rotatable bonds is 3. The Morgan fingerprint density at radius 2 is 1.80 bits per heavy atom. The Labute approximate surface area is 127 Å². The monoisotopic (exact) mass is 332 g/mol. The summed E-state index contributed by atoms with van der Waals surface area (Å²) in [6.07, 6.45) is 0. The lowest BCUT2D eigenvalue weighted by Crippen LogP contribution is -2.41. The summed E-state index contributed by atoms with van der Waals surface area (Å²) >= 11 is 3.41. The molecule has 4 heteroatoms. The Kier molecular flexibility index (Phi) is 4.23. The summed E-state index contributed by atoms with van der Waals surface area (Å²) in [4.78, 5) is 16.5. The second-order valence-electron chi connectivity index (χ2n) is 5.25. The van der Waals surface area contributed by atoms with Crippen molar-refractivity contribution in [3.05, 3.63) is 63.9 Å². The summed E-state index contributed by atoms with van der Waals surface area (Å²) < 4.78 is 1.02. The Balaban J connectivity index is 2.19. The molecule has 0 radical (unpaired) electrons. The van der Waals surface area contributed by atoms with Gasteiger partial charge in [0.05, 0.1) is 5.54 Å². The van der Waals surface area contributed by atoms with Crippen LogP contribution < -0.4 is 5.32 Å². The van der Waals surface area contributed by atoms with Crippen LogP contribution in [0.4, 0.5) is 0 Å². The molecule has 0 bridgehead atoms. The van der Waals surface area contributed by atoms with Gasteiger partial charge in [0.15, 0.2) is 0 Å². The van der Waals surface area contributed by atoms with Crippen LogP contribution in [-0.2, 0) is 5.54 Å². The molecule has 2 aromatic rings. The van der Waals surface area contributed by atoms with Crippen LogP contribution in [0.2, 0.25) is 0 Å². The largest absolute Gasteiger partial charge is 0.342 e. The maximum absolute atomic E-state index is 12.3. The van der Waals surface area contributed by atoms with Crippen LogP contribution in [0.15, 0.2) is 46.9 Å². The van der Waals surface area contributed by atoms with E-state index in [1.165, 1.54) is 0 Å². The van der Waals surface area contributed by atoms with E-state index in [1.807, 2.05) is 57.2 Å². The molecule has 1 heterocycles. The molecule has 3 nitrogen and oxygen atoms in total. The number of benzene rings is 1. The highest BCUT2D eigenvalue weighted by molar-refractivity contribution is 9.10. The van der Waals surface area contributed by atoms with Gasteiger partial charge in [0.1, 0.15) is 5.69 Å². The number of carbonyl (C=O) groups is 1. The zero-order valence-corrected chi connectivity index (χ0v) is 13.4. The molecule has 0 aliphatic heterocycles. The summed E-state index contributed by atoms with van der Waals surface area (Å²) in [5.41, 5.74) is 1.86. The number of amides is 1. The Bertz CT molecular complexity index is 621. The average molecular weight is 333 g/mol. The third kappa shape index (κ3) is 3.45. The predicted molar refractivity (Wildman–Crippen MR) is 83.6 cm³/mol. The van der Waals surface area contributed by atoms with Gasteiger partial charge in [0.2, 0.25) is 0 Å². The number of aryl methyl sites for hydroxylation is 1. The van der Waals surface area contributed by atoms with Gasteiger partial charge in [0.25, 0.3) is 5.91 Å². The van der Waals surface area contributed by atoms with E-state index in [2.05, 4.69) is 26.2 Å². The number of nitrogens with zero attached hydrogens (tertiary/aromatic N) is 1. The predicted octanol–water partition coefficient (Wildman–Crippen LogP) is 3.82. The number of aromatic nitrogens is 1. The molecular formula is C16H17BrN2O. The standard InChI is InChI=1S/C16H17BrN2O/c1-11-5-4-6-14(18-11)15(20)19-16(2,3)12-7-9-13(17)10-8-12/h4-10H,1-3H3,(H,19,20). The van der Waals surface area contributed by atoms with Crippen molar-refractivity contribution in [1.29, 1.82) is 0 Å². The lowest BCUT2D eigenvalue weighted by molar-refractivity contribution is 0.0906. The molecule has 0 saturated heterocycles. The SMILES string of the molecule is Cc1cccc(C(=O)NC(C)(C)c2ccc(Br)cc2)n1. The van der Waals surface area contributed by atoms with Gasteiger partial charge < -0.3 is 5.32 Å². The van der Waals surface area contributed by atoms with Gasteiger partial charge >= 0.3 is 0 Å². The first kappa shape index (κ1) is 14.7. The normalized spacial score (nSPS) is 11.2. The van der Waals surface area contributed by atoms with Crippen molar-refractivity contribution in [3.63, 3.8) is 0 Å². The zero-order valence-electron chi connectivity index (χ0n) is 11.8. The minimum atomic E-state index is -0.455. The third-order valence-electron chi connectivity index (χ3n) is 3.11. The summed E-state index contributed by atoms with van der Waals surface area (Å²) in [6.45, 7) is 5.82. The van der Waals surface area contributed by atoms with E-state index < -0.39 is 5.54 Å². The molecule has 0 unspecified atom stereocenters. The number of halogens is 1. The Morgan fingerprint density at radius 1 is 1.15 bits per heavy atom. The van der Waals surface area contributed by atoms with Gasteiger partial charge in [-0.05, 0) is 50.6 Å². The Morgan fingerprint density at radius 3 is 2.40 bits per heavy atom. The van der Waals surface area contributed by atoms with Gasteiger partial charge in [-0.25, -0.2) is 4.98 Å². The zero-order chi connectivity index (χ0) is 14.8. The molecule has 1 aromatic carbocycles. The number of pyridine rings is 1. The van der Waals surface area contributed by atoms with Crippen molar-refractivity contribution >= 4 is 21.8 Å². The molecule has 1 aromatic heterocycles. The van der Waals surface area contributed by atoms with E-state index >= 15 is 0 Å². The minimum Gasteiger partial charge on any atom is -0.342 e. The van der Waals surface area contributed by atoms with Crippen LogP contribution in [0.3, 0.4) is 0 Å². The fourth-order valence-corrected chi connectivity index (χ4v) is 2.22. The number of hydrogen-bond donors (Lipinski definition) is 1. The minimum absolute atomic E-state index is 0.165. The van der Waals surface area contributed by atoms with E-state index in [1.54, 1.807) is 6.07 Å². The van der Waals surface area contributed by atoms with Gasteiger partial charge in [-0.15, -0.1) is 0 Å². The second kappa shape index (κ2) is 5.75. The summed E-state index contributed by atoms with van der Waals surface area (Å²) in [5.74, 6) is -0.165. The van der Waals surface area contributed by atoms with Crippen molar-refractivity contribution in [2.45, 2.75) is 26.3 Å². The molecule has 0 spiro atoms. The summed E-state index contributed by atoms with van der Waals surface area (Å²) in [7, 11) is 0. The van der Waals surface area contributed by atoms with Crippen LogP contribution in [0.25, 0.3) is 0 Å². The molecule has 2 rings (SSSR count). The number of hydrogen-bond acceptors (Lipinski definition) is 2. The van der Waals surface area contributed by atoms with Crippen molar-refractivity contribution in [1.82, 2.24) is 10.3 Å². The van der Waals surface area contributed by atoms with E-state index in [-0.39, 0.29) is 5.91 Å². The third-order valence-corrected chi connectivity index (χ3v) is 3.64. The van der Waals surface area contributed by atoms with Crippen LogP contribution in [0.1, 0.15) is 35.6 Å². The molecule has 0 aliphatic carbocycles. The first-order valence-corrected chi connectivity index (χ1v) is 7.20. The molecule has 0 atom stereocenters. The van der Waals surface area contributed by atoms with Crippen molar-refractivity contribution in [2.24, 2.45) is 0 Å². The van der Waals surface area contributed by atoms with E-state index in [0.717, 1.165) is 15.7 Å². The van der Waals surface area contributed by atoms with Crippen LogP contribution >= 0.6 is 15.9 Å². The molecule has 1 amide bonds. The van der Waals surface area contributed by atoms with Crippen LogP contribution in [0, 0.1) is 6.92 Å². The summed E-state index contributed by atoms with van der Waals surface area (Å²) in [6, 6.07) is 13.4. The quantitative estimate of drug-likeness (QED) is 0.928. The van der Waals surface area contributed by atoms with Gasteiger partial charge in [-0.3, -0.25) is 4.79 Å². The molecular weight excluding hydrogens is 316 g/mol. The lowest BCUT2D eigenvalue weighted by Gasteiger charge is -2.27. The average Bonchev–Trinajstić information content (AvgIpc) is 2.38. The van der Waals surface area contributed by atoms with Crippen LogP contribution in [-0.4, -0.2) is 10.9 Å². The fraction of sp³-hybridized carbons (Fsp3) is 0.250. The van der Waals surface area contributed by atoms with Crippen molar-refractivity contribution in [3.8, 4) is 0 Å². The molecule has 20 heavy (non-hydrogen) atoms. The molecule has 0 fully saturated rings. The highest BCUT2D eigenvalue weighted by atomic mass is 79.9. The van der Waals surface area contributed by atoms with E-state index in [9.17, 15) is 4.79 Å². The highest BCUT2D eigenvalue weighted by Crippen LogP contribution is 2.22. The highest BCUT2D eigenvalue weighted by Gasteiger charge is 2.23. The molecule has 104 valence electrons. The molecule has 0 saturated carbocycles. The fourth-order valence-electron chi connectivity index (χ4n) is 1.96. The second-order valence-corrected chi connectivity index (χ2v) is 6.17. The van der Waals surface area contributed by atoms with Crippen molar-refractivity contribution in [2.75, 3.05) is 0 Å². The smallest absolute Gasteiger partial charge is 0.270 e. The Hall–Kier alpha value is -1.68. The molecule has 1 N–H and O–H groups in total. The first-order valence-electron chi connectivity index (χ1n) is 6.41. The lowest BCUT2D eigenvalue weighted by atomic mass is 9.94. The summed E-state index contributed by atoms with van der Waals surface area (Å²) in [5, 5.41) is 3.02. The maximum Gasteiger partial charge on any atom is 0.270 e. The number of nitrogens with one attached hydrogen (secondary N) is 1. The van der Waals surface area contributed by atoms with Gasteiger partial charge in [-0.2, -0.15) is 0 Å². The van der Waals surface area contributed by atoms with E-state index in [0.29, 0.717) is 5.69 Å². The number of carbonyl (C=O) groups excluding carboxylic acids is 1.